The number of likely N-dealkylation sites (tertiary alicyclic amines) is 1. The molecular weight excluding hydrogens is 348 g/mol. The molecule has 1 aliphatic heterocycles. The van der Waals surface area contributed by atoms with Gasteiger partial charge in [-0.2, -0.15) is 5.10 Å². The summed E-state index contributed by atoms with van der Waals surface area (Å²) in [6.07, 6.45) is 6.16. The minimum absolute atomic E-state index is 0.0224. The summed E-state index contributed by atoms with van der Waals surface area (Å²) in [5, 5.41) is 7.36. The third-order valence-electron chi connectivity index (χ3n) is 5.34. The Bertz CT molecular complexity index is 869. The summed E-state index contributed by atoms with van der Waals surface area (Å²) in [5.74, 6) is -0.0224. The predicted molar refractivity (Wildman–Crippen MR) is 110 cm³/mol. The van der Waals surface area contributed by atoms with E-state index in [1.807, 2.05) is 47.3 Å². The summed E-state index contributed by atoms with van der Waals surface area (Å²) >= 11 is 0. The Morgan fingerprint density at radius 3 is 2.43 bits per heavy atom. The molecule has 1 amide bonds. The number of benzene rings is 2. The molecule has 0 bridgehead atoms. The van der Waals surface area contributed by atoms with Crippen molar-refractivity contribution < 1.29 is 4.79 Å². The first kappa shape index (κ1) is 18.4. The van der Waals surface area contributed by atoms with Crippen molar-refractivity contribution in [1.82, 2.24) is 20.0 Å². The largest absolute Gasteiger partial charge is 0.350 e. The molecule has 0 aliphatic carbocycles. The van der Waals surface area contributed by atoms with Gasteiger partial charge in [0.15, 0.2) is 0 Å². The fourth-order valence-corrected chi connectivity index (χ4v) is 3.82. The Morgan fingerprint density at radius 2 is 1.75 bits per heavy atom. The van der Waals surface area contributed by atoms with Gasteiger partial charge in [-0.05, 0) is 55.3 Å². The molecule has 1 aromatic heterocycles. The third-order valence-corrected chi connectivity index (χ3v) is 5.34. The second-order valence-electron chi connectivity index (χ2n) is 7.28. The van der Waals surface area contributed by atoms with E-state index in [1.54, 1.807) is 6.20 Å². The summed E-state index contributed by atoms with van der Waals surface area (Å²) in [5.41, 5.74) is 3.08. The average Bonchev–Trinajstić information content (AvgIpc) is 3.44. The molecule has 5 nitrogen and oxygen atoms in total. The highest BCUT2D eigenvalue weighted by Gasteiger charge is 2.23. The van der Waals surface area contributed by atoms with Gasteiger partial charge in [0.2, 0.25) is 0 Å². The zero-order valence-electron chi connectivity index (χ0n) is 16.0. The molecule has 144 valence electrons. The molecule has 4 rings (SSSR count). The Hall–Kier alpha value is -2.92. The van der Waals surface area contributed by atoms with Gasteiger partial charge in [0.1, 0.15) is 0 Å². The lowest BCUT2D eigenvalue weighted by Gasteiger charge is -2.28. The van der Waals surface area contributed by atoms with Crippen LogP contribution in [0, 0.1) is 0 Å². The average molecular weight is 374 g/mol. The number of hydrogen-bond donors (Lipinski definition) is 1. The molecule has 0 saturated carbocycles. The number of hydrogen-bond acceptors (Lipinski definition) is 3. The highest BCUT2D eigenvalue weighted by Crippen LogP contribution is 2.24. The van der Waals surface area contributed by atoms with Crippen LogP contribution in [0.25, 0.3) is 0 Å². The van der Waals surface area contributed by atoms with Gasteiger partial charge < -0.3 is 5.32 Å². The van der Waals surface area contributed by atoms with E-state index in [0.717, 1.165) is 18.7 Å². The monoisotopic (exact) mass is 374 g/mol. The maximum absolute atomic E-state index is 12.7. The molecule has 5 heteroatoms. The lowest BCUT2D eigenvalue weighted by atomic mass is 10.1. The van der Waals surface area contributed by atoms with Gasteiger partial charge in [-0.15, -0.1) is 0 Å². The van der Waals surface area contributed by atoms with E-state index in [9.17, 15) is 4.79 Å². The quantitative estimate of drug-likeness (QED) is 0.689. The van der Waals surface area contributed by atoms with Gasteiger partial charge in [0, 0.05) is 24.5 Å². The highest BCUT2D eigenvalue weighted by atomic mass is 16.1. The number of nitrogens with zero attached hydrogens (tertiary/aromatic N) is 3. The fraction of sp³-hybridized carbons (Fsp3) is 0.304. The summed E-state index contributed by atoms with van der Waals surface area (Å²) in [6, 6.07) is 20.4. The van der Waals surface area contributed by atoms with Crippen LogP contribution in [0.1, 0.15) is 40.4 Å². The van der Waals surface area contributed by atoms with E-state index < -0.39 is 0 Å². The van der Waals surface area contributed by atoms with Crippen molar-refractivity contribution in [3.63, 3.8) is 0 Å². The maximum atomic E-state index is 12.7. The smallest absolute Gasteiger partial charge is 0.251 e. The Balaban J connectivity index is 1.39. The molecule has 1 aliphatic rings. The number of rotatable bonds is 7. The first-order valence-corrected chi connectivity index (χ1v) is 9.93. The number of carbonyl (C=O) groups excluding carboxylic acids is 1. The van der Waals surface area contributed by atoms with Crippen LogP contribution in [0.3, 0.4) is 0 Å². The minimum atomic E-state index is -0.0224. The van der Waals surface area contributed by atoms with Crippen molar-refractivity contribution in [2.75, 3.05) is 19.6 Å². The van der Waals surface area contributed by atoms with E-state index in [-0.39, 0.29) is 11.9 Å². The molecule has 1 saturated heterocycles. The summed E-state index contributed by atoms with van der Waals surface area (Å²) in [7, 11) is 0. The Morgan fingerprint density at radius 1 is 1.00 bits per heavy atom. The number of aromatic nitrogens is 2. The number of nitrogens with one attached hydrogen (secondary N) is 1. The minimum Gasteiger partial charge on any atom is -0.350 e. The highest BCUT2D eigenvalue weighted by molar-refractivity contribution is 5.94. The summed E-state index contributed by atoms with van der Waals surface area (Å²) in [6.45, 7) is 3.52. The van der Waals surface area contributed by atoms with Gasteiger partial charge in [-0.1, -0.05) is 42.5 Å². The summed E-state index contributed by atoms with van der Waals surface area (Å²) < 4.78 is 1.87. The van der Waals surface area contributed by atoms with Gasteiger partial charge in [0.25, 0.3) is 5.91 Å². The molecular formula is C23H26N4O. The van der Waals surface area contributed by atoms with E-state index in [2.05, 4.69) is 39.6 Å². The van der Waals surface area contributed by atoms with Gasteiger partial charge in [0.05, 0.1) is 12.6 Å². The van der Waals surface area contributed by atoms with E-state index in [1.165, 1.54) is 18.4 Å². The lowest BCUT2D eigenvalue weighted by molar-refractivity contribution is 0.0938. The number of amides is 1. The molecule has 1 N–H and O–H groups in total. The SMILES string of the molecule is O=C(NCC(c1ccccc1)N1CCCC1)c1ccc(Cn2cccn2)cc1. The van der Waals surface area contributed by atoms with Crippen molar-refractivity contribution in [3.8, 4) is 0 Å². The second-order valence-corrected chi connectivity index (χ2v) is 7.28. The van der Waals surface area contributed by atoms with E-state index >= 15 is 0 Å². The Kier molecular flexibility index (Phi) is 5.83. The van der Waals surface area contributed by atoms with Crippen molar-refractivity contribution in [3.05, 3.63) is 89.7 Å². The van der Waals surface area contributed by atoms with Crippen LogP contribution >= 0.6 is 0 Å². The molecule has 1 unspecified atom stereocenters. The van der Waals surface area contributed by atoms with Crippen molar-refractivity contribution in [2.24, 2.45) is 0 Å². The zero-order valence-corrected chi connectivity index (χ0v) is 16.0. The number of carbonyl (C=O) groups is 1. The van der Waals surface area contributed by atoms with E-state index in [0.29, 0.717) is 18.7 Å². The predicted octanol–water partition coefficient (Wildman–Crippen LogP) is 3.50. The van der Waals surface area contributed by atoms with Gasteiger partial charge in [-0.25, -0.2) is 0 Å². The van der Waals surface area contributed by atoms with Crippen LogP contribution in [0.5, 0.6) is 0 Å². The molecule has 3 aromatic rings. The Labute approximate surface area is 166 Å². The fourth-order valence-electron chi connectivity index (χ4n) is 3.82. The first-order valence-electron chi connectivity index (χ1n) is 9.93. The topological polar surface area (TPSA) is 50.2 Å². The van der Waals surface area contributed by atoms with Crippen LogP contribution in [-0.2, 0) is 6.54 Å². The normalized spacial score (nSPS) is 15.4. The van der Waals surface area contributed by atoms with Crippen molar-refractivity contribution >= 4 is 5.91 Å². The molecule has 28 heavy (non-hydrogen) atoms. The molecule has 0 radical (unpaired) electrons. The second kappa shape index (κ2) is 8.85. The summed E-state index contributed by atoms with van der Waals surface area (Å²) in [4.78, 5) is 15.2. The van der Waals surface area contributed by atoms with Crippen LogP contribution in [0.4, 0.5) is 0 Å². The van der Waals surface area contributed by atoms with Crippen LogP contribution in [0.15, 0.2) is 73.1 Å². The maximum Gasteiger partial charge on any atom is 0.251 e. The van der Waals surface area contributed by atoms with Gasteiger partial charge in [-0.3, -0.25) is 14.4 Å². The van der Waals surface area contributed by atoms with Crippen LogP contribution < -0.4 is 5.32 Å². The van der Waals surface area contributed by atoms with E-state index in [4.69, 9.17) is 0 Å². The molecule has 1 fully saturated rings. The molecule has 2 aromatic carbocycles. The standard InChI is InChI=1S/C23H26N4O/c28-23(21-11-9-19(10-12-21)18-27-16-6-13-25-27)24-17-22(26-14-4-5-15-26)20-7-2-1-3-8-20/h1-3,6-13,16,22H,4-5,14-15,17-18H2,(H,24,28). The molecule has 0 spiro atoms. The molecule has 2 heterocycles. The first-order chi connectivity index (χ1) is 13.8. The molecule has 1 atom stereocenters. The lowest BCUT2D eigenvalue weighted by Crippen LogP contribution is -2.36. The van der Waals surface area contributed by atoms with Crippen LogP contribution in [-0.4, -0.2) is 40.2 Å². The van der Waals surface area contributed by atoms with Crippen molar-refractivity contribution in [2.45, 2.75) is 25.4 Å². The third kappa shape index (κ3) is 4.49. The van der Waals surface area contributed by atoms with Gasteiger partial charge >= 0.3 is 0 Å². The zero-order chi connectivity index (χ0) is 19.2. The van der Waals surface area contributed by atoms with Crippen molar-refractivity contribution in [1.29, 1.82) is 0 Å². The van der Waals surface area contributed by atoms with Crippen LogP contribution in [0.2, 0.25) is 0 Å².